The van der Waals surface area contributed by atoms with Crippen LogP contribution in [0.3, 0.4) is 0 Å². The Bertz CT molecular complexity index is 746. The fourth-order valence-corrected chi connectivity index (χ4v) is 2.55. The normalized spacial score (nSPS) is 15.3. The number of amides is 1. The molecule has 1 amide bonds. The monoisotopic (exact) mass is 341 g/mol. The van der Waals surface area contributed by atoms with E-state index in [0.717, 1.165) is 5.69 Å². The van der Waals surface area contributed by atoms with Crippen molar-refractivity contribution in [1.82, 2.24) is 0 Å². The van der Waals surface area contributed by atoms with Gasteiger partial charge in [-0.25, -0.2) is 4.79 Å². The molecule has 1 atom stereocenters. The standard InChI is InChI=1S/C19H19NO5/c1-2-20(14-8-4-3-5-9-14)18(21)13-24-19(22)17-12-23-15-10-6-7-11-16(15)25-17/h3-11,17H,2,12-13H2,1H3/t17-/m0/s1. The van der Waals surface area contributed by atoms with E-state index in [1.807, 2.05) is 43.3 Å². The summed E-state index contributed by atoms with van der Waals surface area (Å²) in [5, 5.41) is 0. The van der Waals surface area contributed by atoms with E-state index in [2.05, 4.69) is 0 Å². The second kappa shape index (κ2) is 7.70. The van der Waals surface area contributed by atoms with Crippen molar-refractivity contribution in [2.45, 2.75) is 13.0 Å². The van der Waals surface area contributed by atoms with Crippen LogP contribution in [-0.4, -0.2) is 37.7 Å². The minimum absolute atomic E-state index is 0.0558. The number of nitrogens with zero attached hydrogens (tertiary/aromatic N) is 1. The fourth-order valence-electron chi connectivity index (χ4n) is 2.55. The van der Waals surface area contributed by atoms with E-state index in [1.165, 1.54) is 0 Å². The van der Waals surface area contributed by atoms with Gasteiger partial charge in [0.2, 0.25) is 6.10 Å². The van der Waals surface area contributed by atoms with Crippen molar-refractivity contribution in [3.05, 3.63) is 54.6 Å². The molecule has 2 aromatic rings. The first-order chi connectivity index (χ1) is 12.2. The Morgan fingerprint density at radius 3 is 2.48 bits per heavy atom. The van der Waals surface area contributed by atoms with Crippen molar-refractivity contribution in [2.75, 3.05) is 24.7 Å². The molecule has 0 spiro atoms. The Hall–Kier alpha value is -3.02. The van der Waals surface area contributed by atoms with E-state index in [1.54, 1.807) is 23.1 Å². The van der Waals surface area contributed by atoms with E-state index >= 15 is 0 Å². The number of ether oxygens (including phenoxy) is 3. The molecule has 0 bridgehead atoms. The lowest BCUT2D eigenvalue weighted by atomic mass is 10.2. The summed E-state index contributed by atoms with van der Waals surface area (Å²) < 4.78 is 16.2. The molecule has 3 rings (SSSR count). The van der Waals surface area contributed by atoms with E-state index < -0.39 is 12.1 Å². The van der Waals surface area contributed by atoms with Gasteiger partial charge in [-0.2, -0.15) is 0 Å². The number of likely N-dealkylation sites (N-methyl/N-ethyl adjacent to an activating group) is 1. The van der Waals surface area contributed by atoms with Crippen molar-refractivity contribution in [3.63, 3.8) is 0 Å². The van der Waals surface area contributed by atoms with Crippen molar-refractivity contribution in [2.24, 2.45) is 0 Å². The molecule has 0 aromatic heterocycles. The molecule has 1 heterocycles. The minimum Gasteiger partial charge on any atom is -0.485 e. The van der Waals surface area contributed by atoms with E-state index in [4.69, 9.17) is 14.2 Å². The van der Waals surface area contributed by atoms with Gasteiger partial charge in [-0.05, 0) is 31.2 Å². The summed E-state index contributed by atoms with van der Waals surface area (Å²) >= 11 is 0. The van der Waals surface area contributed by atoms with Crippen LogP contribution in [0, 0.1) is 0 Å². The highest BCUT2D eigenvalue weighted by Gasteiger charge is 2.29. The fraction of sp³-hybridized carbons (Fsp3) is 0.263. The summed E-state index contributed by atoms with van der Waals surface area (Å²) in [6.45, 7) is 2.06. The van der Waals surface area contributed by atoms with Gasteiger partial charge in [0.15, 0.2) is 18.1 Å². The van der Waals surface area contributed by atoms with Crippen molar-refractivity contribution >= 4 is 17.6 Å². The number of fused-ring (bicyclic) bond motifs is 1. The predicted octanol–water partition coefficient (Wildman–Crippen LogP) is 2.42. The molecule has 2 aromatic carbocycles. The van der Waals surface area contributed by atoms with Gasteiger partial charge in [-0.3, -0.25) is 4.79 Å². The lowest BCUT2D eigenvalue weighted by molar-refractivity contribution is -0.157. The average Bonchev–Trinajstić information content (AvgIpc) is 2.67. The third kappa shape index (κ3) is 3.91. The molecule has 6 heteroatoms. The van der Waals surface area contributed by atoms with Gasteiger partial charge in [0, 0.05) is 12.2 Å². The SMILES string of the molecule is CCN(C(=O)COC(=O)[C@@H]1COc2ccccc2O1)c1ccccc1. The van der Waals surface area contributed by atoms with Gasteiger partial charge in [0.25, 0.3) is 5.91 Å². The van der Waals surface area contributed by atoms with E-state index in [-0.39, 0.29) is 19.1 Å². The van der Waals surface area contributed by atoms with Crippen molar-refractivity contribution in [3.8, 4) is 11.5 Å². The summed E-state index contributed by atoms with van der Waals surface area (Å²) in [5.74, 6) is 0.163. The number of anilines is 1. The molecule has 130 valence electrons. The summed E-state index contributed by atoms with van der Waals surface area (Å²) in [7, 11) is 0. The highest BCUT2D eigenvalue weighted by atomic mass is 16.6. The molecule has 1 aliphatic heterocycles. The number of esters is 1. The lowest BCUT2D eigenvalue weighted by Gasteiger charge is -2.25. The topological polar surface area (TPSA) is 65.1 Å². The Balaban J connectivity index is 1.56. The Morgan fingerprint density at radius 2 is 1.76 bits per heavy atom. The minimum atomic E-state index is -0.880. The van der Waals surface area contributed by atoms with Gasteiger partial charge in [0.1, 0.15) is 6.61 Å². The van der Waals surface area contributed by atoms with Gasteiger partial charge in [-0.1, -0.05) is 30.3 Å². The molecule has 0 radical (unpaired) electrons. The smallest absolute Gasteiger partial charge is 0.351 e. The van der Waals surface area contributed by atoms with Gasteiger partial charge < -0.3 is 19.1 Å². The maximum atomic E-state index is 12.3. The highest BCUT2D eigenvalue weighted by molar-refractivity contribution is 5.95. The van der Waals surface area contributed by atoms with Crippen LogP contribution in [0.5, 0.6) is 11.5 Å². The van der Waals surface area contributed by atoms with E-state index in [0.29, 0.717) is 18.0 Å². The maximum Gasteiger partial charge on any atom is 0.351 e. The van der Waals surface area contributed by atoms with Crippen LogP contribution in [0.15, 0.2) is 54.6 Å². The number of para-hydroxylation sites is 3. The van der Waals surface area contributed by atoms with E-state index in [9.17, 15) is 9.59 Å². The van der Waals surface area contributed by atoms with Crippen LogP contribution in [0.2, 0.25) is 0 Å². The van der Waals surface area contributed by atoms with Crippen LogP contribution in [0.4, 0.5) is 5.69 Å². The first-order valence-corrected chi connectivity index (χ1v) is 8.09. The quantitative estimate of drug-likeness (QED) is 0.782. The molecular weight excluding hydrogens is 322 g/mol. The molecule has 0 saturated heterocycles. The lowest BCUT2D eigenvalue weighted by Crippen LogP contribution is -2.40. The molecule has 6 nitrogen and oxygen atoms in total. The summed E-state index contributed by atoms with van der Waals surface area (Å²) in [4.78, 5) is 26.1. The third-order valence-electron chi connectivity index (χ3n) is 3.79. The molecule has 1 aliphatic rings. The molecular formula is C19H19NO5. The number of rotatable bonds is 5. The van der Waals surface area contributed by atoms with Crippen LogP contribution in [0.1, 0.15) is 6.92 Å². The van der Waals surface area contributed by atoms with Crippen LogP contribution >= 0.6 is 0 Å². The predicted molar refractivity (Wildman–Crippen MR) is 91.8 cm³/mol. The first-order valence-electron chi connectivity index (χ1n) is 8.09. The van der Waals surface area contributed by atoms with Crippen molar-refractivity contribution < 1.29 is 23.8 Å². The largest absolute Gasteiger partial charge is 0.485 e. The number of hydrogen-bond acceptors (Lipinski definition) is 5. The zero-order valence-electron chi connectivity index (χ0n) is 13.9. The second-order valence-corrected chi connectivity index (χ2v) is 5.45. The van der Waals surface area contributed by atoms with Gasteiger partial charge in [-0.15, -0.1) is 0 Å². The van der Waals surface area contributed by atoms with Crippen LogP contribution in [0.25, 0.3) is 0 Å². The third-order valence-corrected chi connectivity index (χ3v) is 3.79. The summed E-state index contributed by atoms with van der Waals surface area (Å²) in [6.07, 6.45) is -0.880. The molecule has 0 unspecified atom stereocenters. The average molecular weight is 341 g/mol. The molecule has 0 N–H and O–H groups in total. The zero-order valence-corrected chi connectivity index (χ0v) is 13.9. The summed E-state index contributed by atoms with van der Waals surface area (Å²) in [6, 6.07) is 16.3. The molecule has 0 saturated carbocycles. The summed E-state index contributed by atoms with van der Waals surface area (Å²) in [5.41, 5.74) is 0.761. The second-order valence-electron chi connectivity index (χ2n) is 5.45. The number of hydrogen-bond donors (Lipinski definition) is 0. The molecule has 0 fully saturated rings. The Morgan fingerprint density at radius 1 is 1.08 bits per heavy atom. The Kier molecular flexibility index (Phi) is 5.18. The maximum absolute atomic E-state index is 12.3. The molecule has 25 heavy (non-hydrogen) atoms. The Labute approximate surface area is 145 Å². The highest BCUT2D eigenvalue weighted by Crippen LogP contribution is 2.31. The number of benzene rings is 2. The first kappa shape index (κ1) is 16.8. The van der Waals surface area contributed by atoms with Crippen LogP contribution < -0.4 is 14.4 Å². The van der Waals surface area contributed by atoms with Crippen molar-refractivity contribution in [1.29, 1.82) is 0 Å². The van der Waals surface area contributed by atoms with Gasteiger partial charge >= 0.3 is 5.97 Å². The molecule has 0 aliphatic carbocycles. The van der Waals surface area contributed by atoms with Gasteiger partial charge in [0.05, 0.1) is 0 Å². The van der Waals surface area contributed by atoms with Crippen LogP contribution in [-0.2, 0) is 14.3 Å². The number of carbonyl (C=O) groups is 2. The zero-order chi connectivity index (χ0) is 17.6. The number of carbonyl (C=O) groups excluding carboxylic acids is 2.